The van der Waals surface area contributed by atoms with Crippen LogP contribution in [0.2, 0.25) is 0 Å². The number of halogens is 3. The molecule has 0 heterocycles. The van der Waals surface area contributed by atoms with Crippen LogP contribution in [0, 0.1) is 5.92 Å². The molecule has 0 spiro atoms. The van der Waals surface area contributed by atoms with Crippen LogP contribution in [-0.4, -0.2) is 18.2 Å². The summed E-state index contributed by atoms with van der Waals surface area (Å²) in [5.74, 6) is -1.56. The lowest BCUT2D eigenvalue weighted by Crippen LogP contribution is -2.30. The van der Waals surface area contributed by atoms with Crippen LogP contribution in [0.5, 0.6) is 0 Å². The van der Waals surface area contributed by atoms with Crippen molar-refractivity contribution in [3.05, 3.63) is 0 Å². The van der Waals surface area contributed by atoms with Crippen LogP contribution in [0.1, 0.15) is 65.7 Å². The van der Waals surface area contributed by atoms with Gasteiger partial charge in [-0.2, -0.15) is 13.2 Å². The molecule has 0 N–H and O–H groups in total. The normalized spacial score (nSPS) is 15.1. The molecule has 5 heteroatoms. The summed E-state index contributed by atoms with van der Waals surface area (Å²) in [7, 11) is 0. The first-order chi connectivity index (χ1) is 8.85. The van der Waals surface area contributed by atoms with E-state index in [2.05, 4.69) is 18.6 Å². The zero-order valence-electron chi connectivity index (χ0n) is 12.1. The summed E-state index contributed by atoms with van der Waals surface area (Å²) in [5, 5.41) is 0. The number of esters is 1. The van der Waals surface area contributed by atoms with E-state index in [0.29, 0.717) is 18.8 Å². The smallest absolute Gasteiger partial charge is 0.456 e. The number of unbranched alkanes of at least 4 members (excludes halogenated alkanes) is 1. The Morgan fingerprint density at radius 1 is 1.05 bits per heavy atom. The lowest BCUT2D eigenvalue weighted by atomic mass is 9.92. The van der Waals surface area contributed by atoms with Crippen molar-refractivity contribution in [1.29, 1.82) is 0 Å². The molecule has 0 bridgehead atoms. The summed E-state index contributed by atoms with van der Waals surface area (Å²) in [6.07, 6.45) is 0.617. The SMILES string of the molecule is CCCCC(CC)CCC(CC)OC(=O)C(F)(F)F. The molecule has 0 saturated carbocycles. The standard InChI is InChI=1S/C14H25F3O2/c1-4-7-8-11(5-2)9-10-12(6-3)19-13(18)14(15,16)17/h11-12H,4-10H2,1-3H3. The lowest BCUT2D eigenvalue weighted by molar-refractivity contribution is -0.205. The van der Waals surface area contributed by atoms with E-state index >= 15 is 0 Å². The highest BCUT2D eigenvalue weighted by Gasteiger charge is 2.42. The number of hydrogen-bond donors (Lipinski definition) is 0. The van der Waals surface area contributed by atoms with E-state index in [9.17, 15) is 18.0 Å². The number of ether oxygens (including phenoxy) is 1. The van der Waals surface area contributed by atoms with Gasteiger partial charge in [-0.3, -0.25) is 0 Å². The van der Waals surface area contributed by atoms with E-state index in [1.54, 1.807) is 6.92 Å². The number of alkyl halides is 3. The van der Waals surface area contributed by atoms with Crippen molar-refractivity contribution >= 4 is 5.97 Å². The van der Waals surface area contributed by atoms with Crippen molar-refractivity contribution in [3.63, 3.8) is 0 Å². The number of carbonyl (C=O) groups excluding carboxylic acids is 1. The van der Waals surface area contributed by atoms with Gasteiger partial charge < -0.3 is 4.74 Å². The molecule has 2 unspecified atom stereocenters. The monoisotopic (exact) mass is 282 g/mol. The van der Waals surface area contributed by atoms with E-state index in [1.807, 2.05) is 0 Å². The van der Waals surface area contributed by atoms with Gasteiger partial charge in [0.2, 0.25) is 0 Å². The fourth-order valence-corrected chi connectivity index (χ4v) is 2.03. The minimum absolute atomic E-state index is 0.423. The summed E-state index contributed by atoms with van der Waals surface area (Å²) in [4.78, 5) is 10.8. The maximum absolute atomic E-state index is 12.1. The second-order valence-electron chi connectivity index (χ2n) is 4.93. The number of rotatable bonds is 9. The van der Waals surface area contributed by atoms with E-state index in [1.165, 1.54) is 0 Å². The quantitative estimate of drug-likeness (QED) is 0.564. The third-order valence-corrected chi connectivity index (χ3v) is 3.40. The Kier molecular flexibility index (Phi) is 8.85. The molecule has 2 nitrogen and oxygen atoms in total. The van der Waals surface area contributed by atoms with Crippen LogP contribution in [0.4, 0.5) is 13.2 Å². The van der Waals surface area contributed by atoms with Gasteiger partial charge in [-0.1, -0.05) is 46.5 Å². The molecule has 0 aliphatic heterocycles. The van der Waals surface area contributed by atoms with E-state index in [0.717, 1.165) is 32.1 Å². The molecule has 0 aromatic rings. The fourth-order valence-electron chi connectivity index (χ4n) is 2.03. The highest BCUT2D eigenvalue weighted by Crippen LogP contribution is 2.23. The summed E-state index contributed by atoms with van der Waals surface area (Å²) in [6, 6.07) is 0. The van der Waals surface area contributed by atoms with Crippen LogP contribution < -0.4 is 0 Å². The van der Waals surface area contributed by atoms with Gasteiger partial charge in [0.25, 0.3) is 0 Å². The number of hydrogen-bond acceptors (Lipinski definition) is 2. The highest BCUT2D eigenvalue weighted by atomic mass is 19.4. The molecule has 0 saturated heterocycles. The lowest BCUT2D eigenvalue weighted by Gasteiger charge is -2.20. The van der Waals surface area contributed by atoms with Gasteiger partial charge in [0, 0.05) is 0 Å². The molecule has 0 radical (unpaired) electrons. The topological polar surface area (TPSA) is 26.3 Å². The molecule has 0 aliphatic rings. The van der Waals surface area contributed by atoms with Crippen LogP contribution >= 0.6 is 0 Å². The van der Waals surface area contributed by atoms with E-state index in [4.69, 9.17) is 0 Å². The molecular formula is C14H25F3O2. The first-order valence-corrected chi connectivity index (χ1v) is 7.12. The minimum Gasteiger partial charge on any atom is -0.456 e. The molecule has 114 valence electrons. The zero-order valence-corrected chi connectivity index (χ0v) is 12.1. The predicted molar refractivity (Wildman–Crippen MR) is 68.8 cm³/mol. The van der Waals surface area contributed by atoms with Gasteiger partial charge in [-0.25, -0.2) is 4.79 Å². The van der Waals surface area contributed by atoms with Gasteiger partial charge >= 0.3 is 12.1 Å². The zero-order chi connectivity index (χ0) is 14.9. The van der Waals surface area contributed by atoms with Crippen LogP contribution in [0.3, 0.4) is 0 Å². The molecule has 19 heavy (non-hydrogen) atoms. The van der Waals surface area contributed by atoms with Crippen molar-refractivity contribution in [2.24, 2.45) is 5.92 Å². The van der Waals surface area contributed by atoms with Gasteiger partial charge in [0.1, 0.15) is 6.10 Å². The van der Waals surface area contributed by atoms with Crippen LogP contribution in [0.25, 0.3) is 0 Å². The van der Waals surface area contributed by atoms with Gasteiger partial charge in [0.15, 0.2) is 0 Å². The fraction of sp³-hybridized carbons (Fsp3) is 0.929. The summed E-state index contributed by atoms with van der Waals surface area (Å²) in [6.45, 7) is 5.94. The Morgan fingerprint density at radius 2 is 1.68 bits per heavy atom. The Bertz CT molecular complexity index is 252. The van der Waals surface area contributed by atoms with Crippen molar-refractivity contribution < 1.29 is 22.7 Å². The van der Waals surface area contributed by atoms with Crippen molar-refractivity contribution in [2.75, 3.05) is 0 Å². The Labute approximate surface area is 113 Å². The van der Waals surface area contributed by atoms with Crippen LogP contribution in [0.15, 0.2) is 0 Å². The van der Waals surface area contributed by atoms with Gasteiger partial charge in [-0.05, 0) is 25.2 Å². The highest BCUT2D eigenvalue weighted by molar-refractivity contribution is 5.75. The molecule has 0 aromatic carbocycles. The van der Waals surface area contributed by atoms with Crippen molar-refractivity contribution in [2.45, 2.75) is 78.0 Å². The maximum Gasteiger partial charge on any atom is 0.490 e. The Balaban J connectivity index is 4.14. The minimum atomic E-state index is -4.89. The second kappa shape index (κ2) is 9.21. The third-order valence-electron chi connectivity index (χ3n) is 3.40. The summed E-state index contributed by atoms with van der Waals surface area (Å²) >= 11 is 0. The van der Waals surface area contributed by atoms with E-state index in [-0.39, 0.29) is 0 Å². The van der Waals surface area contributed by atoms with E-state index < -0.39 is 18.2 Å². The molecular weight excluding hydrogens is 257 g/mol. The van der Waals surface area contributed by atoms with Crippen LogP contribution in [-0.2, 0) is 9.53 Å². The second-order valence-corrected chi connectivity index (χ2v) is 4.93. The van der Waals surface area contributed by atoms with Gasteiger partial charge in [-0.15, -0.1) is 0 Å². The van der Waals surface area contributed by atoms with Crippen molar-refractivity contribution in [1.82, 2.24) is 0 Å². The predicted octanol–water partition coefficient (Wildman–Crippen LogP) is 4.87. The average Bonchev–Trinajstić information content (AvgIpc) is 2.35. The molecule has 0 amide bonds. The molecule has 0 aliphatic carbocycles. The largest absolute Gasteiger partial charge is 0.490 e. The number of carbonyl (C=O) groups is 1. The molecule has 0 aromatic heterocycles. The first-order valence-electron chi connectivity index (χ1n) is 7.12. The summed E-state index contributed by atoms with van der Waals surface area (Å²) < 4.78 is 40.8. The Morgan fingerprint density at radius 3 is 2.11 bits per heavy atom. The van der Waals surface area contributed by atoms with Gasteiger partial charge in [0.05, 0.1) is 0 Å². The summed E-state index contributed by atoms with van der Waals surface area (Å²) in [5.41, 5.74) is 0. The first kappa shape index (κ1) is 18.3. The third kappa shape index (κ3) is 8.11. The maximum atomic E-state index is 12.1. The van der Waals surface area contributed by atoms with Crippen molar-refractivity contribution in [3.8, 4) is 0 Å². The molecule has 2 atom stereocenters. The molecule has 0 fully saturated rings. The average molecular weight is 282 g/mol. The molecule has 0 rings (SSSR count). The Hall–Kier alpha value is -0.740.